The van der Waals surface area contributed by atoms with Crippen molar-refractivity contribution in [2.75, 3.05) is 73.7 Å². The highest BCUT2D eigenvalue weighted by molar-refractivity contribution is 7.82. The minimum absolute atomic E-state index is 0.0184. The van der Waals surface area contributed by atoms with Crippen LogP contribution < -0.4 is 4.74 Å². The Bertz CT molecular complexity index is 898. The van der Waals surface area contributed by atoms with Crippen molar-refractivity contribution in [1.29, 1.82) is 0 Å². The Labute approximate surface area is 211 Å². The summed E-state index contributed by atoms with van der Waals surface area (Å²) in [6, 6.07) is 3.77. The maximum atomic E-state index is 13.0. The molecule has 1 unspecified atom stereocenters. The number of likely N-dealkylation sites (tertiary alicyclic amines) is 2. The van der Waals surface area contributed by atoms with Gasteiger partial charge in [0.25, 0.3) is 0 Å². The fraction of sp³-hybridized carbons (Fsp3) is 0.680. The number of benzene rings is 1. The molecule has 2 atom stereocenters. The summed E-state index contributed by atoms with van der Waals surface area (Å²) < 4.78 is 25.6. The van der Waals surface area contributed by atoms with Crippen LogP contribution in [0.3, 0.4) is 0 Å². The molecule has 0 spiro atoms. The van der Waals surface area contributed by atoms with Gasteiger partial charge in [0.05, 0.1) is 31.2 Å². The summed E-state index contributed by atoms with van der Waals surface area (Å²) in [5.41, 5.74) is 1.82. The number of carbonyl (C=O) groups excluding carboxylic acids is 2. The molecule has 3 rings (SSSR count). The molecule has 0 saturated carbocycles. The van der Waals surface area contributed by atoms with Crippen LogP contribution >= 0.6 is 0 Å². The molecule has 1 aromatic rings. The summed E-state index contributed by atoms with van der Waals surface area (Å²) in [7, 11) is 3.84. The minimum Gasteiger partial charge on any atom is -0.497 e. The second kappa shape index (κ2) is 12.8. The Morgan fingerprint density at radius 2 is 1.77 bits per heavy atom. The van der Waals surface area contributed by atoms with Gasteiger partial charge in [-0.05, 0) is 69.5 Å². The standard InChI is InChI=1S/C25H40N4O5S/c1-19-14-22(33-5)15-20(2)25(19)35(32)26(3)12-13-34-18-24(31)27(4)21-8-11-29(16-21)23(30)17-28-9-6-7-10-28/h14-15,21H,6-13,16-18H2,1-5H3/t21-,35?/m1/s1. The number of carbonyl (C=O) groups is 2. The van der Waals surface area contributed by atoms with E-state index in [9.17, 15) is 13.8 Å². The van der Waals surface area contributed by atoms with Gasteiger partial charge in [-0.1, -0.05) is 0 Å². The van der Waals surface area contributed by atoms with Gasteiger partial charge in [0.2, 0.25) is 11.8 Å². The maximum absolute atomic E-state index is 13.0. The van der Waals surface area contributed by atoms with Crippen molar-refractivity contribution in [1.82, 2.24) is 19.0 Å². The molecule has 10 heteroatoms. The Hall–Kier alpha value is -2.01. The van der Waals surface area contributed by atoms with Gasteiger partial charge in [-0.3, -0.25) is 14.5 Å². The molecule has 1 aromatic carbocycles. The minimum atomic E-state index is -1.34. The van der Waals surface area contributed by atoms with Crippen molar-refractivity contribution in [3.05, 3.63) is 23.3 Å². The van der Waals surface area contributed by atoms with Crippen molar-refractivity contribution in [3.8, 4) is 5.75 Å². The van der Waals surface area contributed by atoms with Gasteiger partial charge in [0.1, 0.15) is 23.3 Å². The van der Waals surface area contributed by atoms with E-state index in [4.69, 9.17) is 9.47 Å². The van der Waals surface area contributed by atoms with Crippen LogP contribution in [0.25, 0.3) is 0 Å². The van der Waals surface area contributed by atoms with Crippen LogP contribution in [-0.2, 0) is 25.3 Å². The molecule has 35 heavy (non-hydrogen) atoms. The molecule has 2 heterocycles. The Morgan fingerprint density at radius 3 is 2.40 bits per heavy atom. The molecule has 0 aromatic heterocycles. The first-order valence-corrected chi connectivity index (χ1v) is 13.4. The SMILES string of the molecule is COc1cc(C)c(S(=O)N(C)CCOCC(=O)N(C)[C@@H]2CCN(C(=O)CN3CCCC3)C2)c(C)c1. The van der Waals surface area contributed by atoms with Crippen LogP contribution in [0, 0.1) is 13.8 Å². The van der Waals surface area contributed by atoms with E-state index in [2.05, 4.69) is 4.90 Å². The number of ether oxygens (including phenoxy) is 2. The number of rotatable bonds is 11. The number of methoxy groups -OCH3 is 1. The smallest absolute Gasteiger partial charge is 0.248 e. The van der Waals surface area contributed by atoms with Crippen LogP contribution in [0.2, 0.25) is 0 Å². The third-order valence-corrected chi connectivity index (χ3v) is 8.66. The van der Waals surface area contributed by atoms with Crippen molar-refractivity contribution < 1.29 is 23.3 Å². The fourth-order valence-electron chi connectivity index (χ4n) is 4.72. The van der Waals surface area contributed by atoms with Crippen molar-refractivity contribution >= 4 is 22.8 Å². The molecule has 2 aliphatic heterocycles. The first kappa shape index (κ1) is 27.6. The summed E-state index contributed by atoms with van der Waals surface area (Å²) in [5, 5.41) is 0. The second-order valence-electron chi connectivity index (χ2n) is 9.51. The van der Waals surface area contributed by atoms with E-state index in [0.29, 0.717) is 32.8 Å². The van der Waals surface area contributed by atoms with E-state index in [-0.39, 0.29) is 24.5 Å². The molecule has 0 radical (unpaired) electrons. The fourth-order valence-corrected chi connectivity index (χ4v) is 5.94. The lowest BCUT2D eigenvalue weighted by Gasteiger charge is -2.26. The third kappa shape index (κ3) is 7.25. The molecule has 2 fully saturated rings. The average molecular weight is 509 g/mol. The van der Waals surface area contributed by atoms with Crippen molar-refractivity contribution in [2.45, 2.75) is 44.0 Å². The van der Waals surface area contributed by atoms with Crippen LogP contribution in [0.5, 0.6) is 5.75 Å². The lowest BCUT2D eigenvalue weighted by molar-refractivity contribution is -0.137. The van der Waals surface area contributed by atoms with E-state index in [1.54, 1.807) is 30.4 Å². The highest BCUT2D eigenvalue weighted by Crippen LogP contribution is 2.25. The predicted molar refractivity (Wildman–Crippen MR) is 136 cm³/mol. The topological polar surface area (TPSA) is 82.6 Å². The predicted octanol–water partition coefficient (Wildman–Crippen LogP) is 1.44. The van der Waals surface area contributed by atoms with E-state index < -0.39 is 11.0 Å². The Kier molecular flexibility index (Phi) is 10.1. The molecule has 0 aliphatic carbocycles. The summed E-state index contributed by atoms with van der Waals surface area (Å²) in [6.45, 7) is 8.29. The van der Waals surface area contributed by atoms with E-state index >= 15 is 0 Å². The molecule has 2 saturated heterocycles. The lowest BCUT2D eigenvalue weighted by Crippen LogP contribution is -2.43. The Morgan fingerprint density at radius 1 is 1.11 bits per heavy atom. The van der Waals surface area contributed by atoms with E-state index in [0.717, 1.165) is 41.3 Å². The number of amides is 2. The lowest BCUT2D eigenvalue weighted by atomic mass is 10.1. The first-order chi connectivity index (χ1) is 16.7. The van der Waals surface area contributed by atoms with Gasteiger partial charge in [-0.25, -0.2) is 8.51 Å². The molecule has 2 aliphatic rings. The zero-order valence-corrected chi connectivity index (χ0v) is 22.6. The molecule has 0 N–H and O–H groups in total. The van der Waals surface area contributed by atoms with Gasteiger partial charge >= 0.3 is 0 Å². The summed E-state index contributed by atoms with van der Waals surface area (Å²) >= 11 is 0. The van der Waals surface area contributed by atoms with Gasteiger partial charge in [0.15, 0.2) is 0 Å². The number of nitrogens with zero attached hydrogens (tertiary/aromatic N) is 4. The molecular weight excluding hydrogens is 468 g/mol. The zero-order chi connectivity index (χ0) is 25.5. The number of likely N-dealkylation sites (N-methyl/N-ethyl adjacent to an activating group) is 2. The van der Waals surface area contributed by atoms with Gasteiger partial charge in [-0.2, -0.15) is 0 Å². The second-order valence-corrected chi connectivity index (χ2v) is 11.0. The number of hydrogen-bond acceptors (Lipinski definition) is 6. The Balaban J connectivity index is 1.39. The van der Waals surface area contributed by atoms with Crippen LogP contribution in [0.4, 0.5) is 0 Å². The summed E-state index contributed by atoms with van der Waals surface area (Å²) in [5.74, 6) is 0.801. The van der Waals surface area contributed by atoms with Crippen molar-refractivity contribution in [2.24, 2.45) is 0 Å². The number of aryl methyl sites for hydroxylation is 2. The van der Waals surface area contributed by atoms with Gasteiger partial charge in [-0.15, -0.1) is 0 Å². The van der Waals surface area contributed by atoms with Gasteiger partial charge in [0, 0.05) is 33.7 Å². The zero-order valence-electron chi connectivity index (χ0n) is 21.7. The van der Waals surface area contributed by atoms with Gasteiger partial charge < -0.3 is 19.3 Å². The highest BCUT2D eigenvalue weighted by atomic mass is 32.2. The normalized spacial score (nSPS) is 19.4. The van der Waals surface area contributed by atoms with Crippen LogP contribution in [0.15, 0.2) is 17.0 Å². The highest BCUT2D eigenvalue weighted by Gasteiger charge is 2.31. The molecule has 0 bridgehead atoms. The molecular formula is C25H40N4O5S. The third-order valence-electron chi connectivity index (χ3n) is 6.92. The maximum Gasteiger partial charge on any atom is 0.248 e. The first-order valence-electron chi connectivity index (χ1n) is 12.3. The molecule has 9 nitrogen and oxygen atoms in total. The summed E-state index contributed by atoms with van der Waals surface area (Å²) in [4.78, 5) is 31.8. The van der Waals surface area contributed by atoms with Crippen LogP contribution in [0.1, 0.15) is 30.4 Å². The number of hydrogen-bond donors (Lipinski definition) is 0. The largest absolute Gasteiger partial charge is 0.497 e. The molecule has 196 valence electrons. The summed E-state index contributed by atoms with van der Waals surface area (Å²) in [6.07, 6.45) is 3.12. The van der Waals surface area contributed by atoms with Crippen molar-refractivity contribution in [3.63, 3.8) is 0 Å². The monoisotopic (exact) mass is 508 g/mol. The quantitative estimate of drug-likeness (QED) is 0.421. The average Bonchev–Trinajstić information content (AvgIpc) is 3.52. The van der Waals surface area contributed by atoms with E-state index in [1.165, 1.54) is 12.8 Å². The molecule has 2 amide bonds. The van der Waals surface area contributed by atoms with Crippen LogP contribution in [-0.4, -0.2) is 115 Å². The van der Waals surface area contributed by atoms with E-state index in [1.807, 2.05) is 30.9 Å².